The topological polar surface area (TPSA) is 41.8 Å². The Labute approximate surface area is 131 Å². The Kier molecular flexibility index (Phi) is 4.96. The summed E-state index contributed by atoms with van der Waals surface area (Å²) in [6, 6.07) is 10.4. The van der Waals surface area contributed by atoms with Gasteiger partial charge in [0.25, 0.3) is 0 Å². The van der Waals surface area contributed by atoms with E-state index in [1.54, 1.807) is 19.1 Å². The summed E-state index contributed by atoms with van der Waals surface area (Å²) in [5.41, 5.74) is 3.09. The van der Waals surface area contributed by atoms with Crippen molar-refractivity contribution in [1.82, 2.24) is 0 Å². The summed E-state index contributed by atoms with van der Waals surface area (Å²) in [7, 11) is 0. The van der Waals surface area contributed by atoms with Gasteiger partial charge in [0.05, 0.1) is 10.2 Å². The van der Waals surface area contributed by atoms with Gasteiger partial charge in [-0.1, -0.05) is 17.3 Å². The SMILES string of the molecule is CC(=NO)c1ccc(C)cc1OCc1ccc(F)c(Br)c1. The lowest BCUT2D eigenvalue weighted by atomic mass is 10.1. The zero-order chi connectivity index (χ0) is 15.4. The van der Waals surface area contributed by atoms with E-state index in [9.17, 15) is 4.39 Å². The van der Waals surface area contributed by atoms with E-state index in [0.717, 1.165) is 16.7 Å². The van der Waals surface area contributed by atoms with Crippen molar-refractivity contribution < 1.29 is 14.3 Å². The van der Waals surface area contributed by atoms with Crippen LogP contribution >= 0.6 is 15.9 Å². The number of nitrogens with zero attached hydrogens (tertiary/aromatic N) is 1. The summed E-state index contributed by atoms with van der Waals surface area (Å²) in [5.74, 6) is 0.323. The van der Waals surface area contributed by atoms with Crippen molar-refractivity contribution >= 4 is 21.6 Å². The molecule has 0 radical (unpaired) electrons. The predicted molar refractivity (Wildman–Crippen MR) is 83.6 cm³/mol. The van der Waals surface area contributed by atoms with Gasteiger partial charge in [0, 0.05) is 5.56 Å². The van der Waals surface area contributed by atoms with E-state index >= 15 is 0 Å². The highest BCUT2D eigenvalue weighted by Crippen LogP contribution is 2.23. The van der Waals surface area contributed by atoms with Crippen molar-refractivity contribution in [2.75, 3.05) is 0 Å². The Balaban J connectivity index is 2.22. The van der Waals surface area contributed by atoms with Gasteiger partial charge in [-0.15, -0.1) is 0 Å². The smallest absolute Gasteiger partial charge is 0.137 e. The maximum absolute atomic E-state index is 13.2. The van der Waals surface area contributed by atoms with Gasteiger partial charge in [-0.2, -0.15) is 0 Å². The maximum Gasteiger partial charge on any atom is 0.137 e. The molecule has 2 rings (SSSR count). The van der Waals surface area contributed by atoms with Crippen LogP contribution in [0.1, 0.15) is 23.6 Å². The first-order valence-electron chi connectivity index (χ1n) is 6.37. The van der Waals surface area contributed by atoms with Crippen LogP contribution in [0.15, 0.2) is 46.0 Å². The molecule has 0 fully saturated rings. The summed E-state index contributed by atoms with van der Waals surface area (Å²) < 4.78 is 19.4. The molecule has 0 aliphatic carbocycles. The van der Waals surface area contributed by atoms with E-state index in [2.05, 4.69) is 21.1 Å². The van der Waals surface area contributed by atoms with Gasteiger partial charge >= 0.3 is 0 Å². The first-order valence-corrected chi connectivity index (χ1v) is 7.17. The number of hydrogen-bond acceptors (Lipinski definition) is 3. The molecule has 0 atom stereocenters. The molecule has 0 saturated heterocycles. The Hall–Kier alpha value is -1.88. The third-order valence-corrected chi connectivity index (χ3v) is 3.66. The predicted octanol–water partition coefficient (Wildman–Crippen LogP) is 4.67. The molecule has 0 aliphatic rings. The van der Waals surface area contributed by atoms with Crippen LogP contribution in [-0.2, 0) is 6.61 Å². The van der Waals surface area contributed by atoms with Crippen molar-refractivity contribution in [1.29, 1.82) is 0 Å². The highest BCUT2D eigenvalue weighted by Gasteiger charge is 2.09. The van der Waals surface area contributed by atoms with Crippen molar-refractivity contribution in [2.45, 2.75) is 20.5 Å². The minimum Gasteiger partial charge on any atom is -0.488 e. The van der Waals surface area contributed by atoms with Crippen LogP contribution in [-0.4, -0.2) is 10.9 Å². The minimum atomic E-state index is -0.307. The summed E-state index contributed by atoms with van der Waals surface area (Å²) in [5, 5.41) is 12.1. The first-order chi connectivity index (χ1) is 10.0. The van der Waals surface area contributed by atoms with E-state index in [1.807, 2.05) is 25.1 Å². The highest BCUT2D eigenvalue weighted by molar-refractivity contribution is 9.10. The van der Waals surface area contributed by atoms with Gasteiger partial charge in [-0.3, -0.25) is 0 Å². The van der Waals surface area contributed by atoms with Crippen molar-refractivity contribution in [2.24, 2.45) is 5.16 Å². The number of aryl methyl sites for hydroxylation is 1. The summed E-state index contributed by atoms with van der Waals surface area (Å²) >= 11 is 3.15. The molecular weight excluding hydrogens is 337 g/mol. The number of benzene rings is 2. The van der Waals surface area contributed by atoms with Gasteiger partial charge in [0.15, 0.2) is 0 Å². The second kappa shape index (κ2) is 6.72. The van der Waals surface area contributed by atoms with Gasteiger partial charge in [0.2, 0.25) is 0 Å². The van der Waals surface area contributed by atoms with Crippen molar-refractivity contribution in [3.05, 3.63) is 63.4 Å². The molecule has 0 unspecified atom stereocenters. The molecule has 0 bridgehead atoms. The molecule has 0 aromatic heterocycles. The second-order valence-electron chi connectivity index (χ2n) is 4.72. The van der Waals surface area contributed by atoms with Crippen LogP contribution in [0.2, 0.25) is 0 Å². The molecule has 0 saturated carbocycles. The normalized spacial score (nSPS) is 11.5. The lowest BCUT2D eigenvalue weighted by Gasteiger charge is -2.12. The lowest BCUT2D eigenvalue weighted by Crippen LogP contribution is -2.03. The quantitative estimate of drug-likeness (QED) is 0.493. The zero-order valence-electron chi connectivity index (χ0n) is 11.7. The fourth-order valence-corrected chi connectivity index (χ4v) is 2.32. The van der Waals surface area contributed by atoms with Gasteiger partial charge in [-0.05, 0) is 65.2 Å². The van der Waals surface area contributed by atoms with Crippen LogP contribution in [0.5, 0.6) is 5.75 Å². The second-order valence-corrected chi connectivity index (χ2v) is 5.58. The maximum atomic E-state index is 13.2. The zero-order valence-corrected chi connectivity index (χ0v) is 13.3. The minimum absolute atomic E-state index is 0.300. The average Bonchev–Trinajstić information content (AvgIpc) is 2.48. The number of rotatable bonds is 4. The summed E-state index contributed by atoms with van der Waals surface area (Å²) in [4.78, 5) is 0. The van der Waals surface area contributed by atoms with Crippen LogP contribution < -0.4 is 4.74 Å². The molecule has 0 spiro atoms. The molecular formula is C16H15BrFNO2. The molecule has 0 heterocycles. The van der Waals surface area contributed by atoms with Crippen LogP contribution in [0.25, 0.3) is 0 Å². The fraction of sp³-hybridized carbons (Fsp3) is 0.188. The van der Waals surface area contributed by atoms with E-state index in [1.165, 1.54) is 6.07 Å². The number of halogens is 2. The largest absolute Gasteiger partial charge is 0.488 e. The van der Waals surface area contributed by atoms with E-state index in [4.69, 9.17) is 9.94 Å². The molecule has 110 valence electrons. The highest BCUT2D eigenvalue weighted by atomic mass is 79.9. The fourth-order valence-electron chi connectivity index (χ4n) is 1.89. The molecule has 2 aromatic rings. The molecule has 5 heteroatoms. The Morgan fingerprint density at radius 3 is 2.71 bits per heavy atom. The summed E-state index contributed by atoms with van der Waals surface area (Å²) in [6.45, 7) is 3.95. The Morgan fingerprint density at radius 2 is 2.05 bits per heavy atom. The third kappa shape index (κ3) is 3.82. The van der Waals surface area contributed by atoms with E-state index < -0.39 is 0 Å². The first kappa shape index (κ1) is 15.5. The molecule has 0 aliphatic heterocycles. The number of ether oxygens (including phenoxy) is 1. The monoisotopic (exact) mass is 351 g/mol. The Morgan fingerprint density at radius 1 is 1.29 bits per heavy atom. The molecule has 21 heavy (non-hydrogen) atoms. The number of oxime groups is 1. The molecule has 0 amide bonds. The standard InChI is InChI=1S/C16H15BrFNO2/c1-10-3-5-13(11(2)19-20)16(7-10)21-9-12-4-6-15(18)14(17)8-12/h3-8,20H,9H2,1-2H3. The Bertz CT molecular complexity index is 686. The van der Waals surface area contributed by atoms with E-state index in [-0.39, 0.29) is 5.82 Å². The van der Waals surface area contributed by atoms with Crippen LogP contribution in [0.4, 0.5) is 4.39 Å². The summed E-state index contributed by atoms with van der Waals surface area (Å²) in [6.07, 6.45) is 0. The van der Waals surface area contributed by atoms with Gasteiger partial charge < -0.3 is 9.94 Å². The van der Waals surface area contributed by atoms with Crippen LogP contribution in [0, 0.1) is 12.7 Å². The van der Waals surface area contributed by atoms with Crippen molar-refractivity contribution in [3.63, 3.8) is 0 Å². The number of hydrogen-bond donors (Lipinski definition) is 1. The average molecular weight is 352 g/mol. The molecule has 3 nitrogen and oxygen atoms in total. The molecule has 2 aromatic carbocycles. The third-order valence-electron chi connectivity index (χ3n) is 3.06. The van der Waals surface area contributed by atoms with Gasteiger partial charge in [-0.25, -0.2) is 4.39 Å². The lowest BCUT2D eigenvalue weighted by molar-refractivity contribution is 0.303. The van der Waals surface area contributed by atoms with Gasteiger partial charge in [0.1, 0.15) is 18.2 Å². The van der Waals surface area contributed by atoms with E-state index in [0.29, 0.717) is 22.5 Å². The molecule has 1 N–H and O–H groups in total. The van der Waals surface area contributed by atoms with Crippen LogP contribution in [0.3, 0.4) is 0 Å². The van der Waals surface area contributed by atoms with Crippen molar-refractivity contribution in [3.8, 4) is 5.75 Å².